The summed E-state index contributed by atoms with van der Waals surface area (Å²) in [5.74, 6) is 0.963. The summed E-state index contributed by atoms with van der Waals surface area (Å²) < 4.78 is 5.71. The zero-order valence-electron chi connectivity index (χ0n) is 15.8. The number of hydrogen-bond donors (Lipinski definition) is 2. The van der Waals surface area contributed by atoms with Crippen molar-refractivity contribution in [2.24, 2.45) is 0 Å². The molecule has 1 heterocycles. The van der Waals surface area contributed by atoms with Crippen molar-refractivity contribution in [3.8, 4) is 11.3 Å². The number of nitrogens with one attached hydrogen (secondary N) is 2. The summed E-state index contributed by atoms with van der Waals surface area (Å²) in [6.07, 6.45) is 3.23. The van der Waals surface area contributed by atoms with Crippen LogP contribution in [0, 0.1) is 0 Å². The van der Waals surface area contributed by atoms with Gasteiger partial charge in [0.1, 0.15) is 0 Å². The van der Waals surface area contributed by atoms with E-state index in [2.05, 4.69) is 15.6 Å². The maximum absolute atomic E-state index is 12.2. The van der Waals surface area contributed by atoms with Crippen LogP contribution >= 0.6 is 0 Å². The van der Waals surface area contributed by atoms with Crippen molar-refractivity contribution in [3.63, 3.8) is 0 Å². The van der Waals surface area contributed by atoms with Crippen molar-refractivity contribution >= 4 is 17.5 Å². The molecule has 2 amide bonds. The highest BCUT2D eigenvalue weighted by atomic mass is 16.4. The molecule has 6 heteroatoms. The summed E-state index contributed by atoms with van der Waals surface area (Å²) >= 11 is 0. The van der Waals surface area contributed by atoms with E-state index in [1.165, 1.54) is 0 Å². The van der Waals surface area contributed by atoms with Crippen LogP contribution in [0.15, 0.2) is 65.2 Å². The fourth-order valence-electron chi connectivity index (χ4n) is 2.65. The molecular formula is C22H23N3O3. The van der Waals surface area contributed by atoms with Gasteiger partial charge in [-0.15, -0.1) is 0 Å². The lowest BCUT2D eigenvalue weighted by Crippen LogP contribution is -2.23. The summed E-state index contributed by atoms with van der Waals surface area (Å²) in [7, 11) is 0. The Balaban J connectivity index is 1.49. The van der Waals surface area contributed by atoms with E-state index < -0.39 is 0 Å². The zero-order valence-corrected chi connectivity index (χ0v) is 15.8. The molecule has 0 radical (unpaired) electrons. The van der Waals surface area contributed by atoms with Crippen molar-refractivity contribution in [2.45, 2.75) is 26.2 Å². The number of benzene rings is 2. The van der Waals surface area contributed by atoms with Gasteiger partial charge in [0.15, 0.2) is 11.7 Å². The molecule has 2 N–H and O–H groups in total. The van der Waals surface area contributed by atoms with Crippen molar-refractivity contribution in [1.29, 1.82) is 0 Å². The minimum Gasteiger partial charge on any atom is -0.441 e. The molecule has 0 atom stereocenters. The van der Waals surface area contributed by atoms with E-state index in [-0.39, 0.29) is 18.2 Å². The van der Waals surface area contributed by atoms with Crippen LogP contribution in [0.3, 0.4) is 0 Å². The molecule has 0 aliphatic heterocycles. The number of carbonyl (C=O) groups is 2. The number of amides is 2. The molecule has 0 bridgehead atoms. The molecule has 0 saturated carbocycles. The van der Waals surface area contributed by atoms with Crippen molar-refractivity contribution in [2.75, 3.05) is 11.9 Å². The summed E-state index contributed by atoms with van der Waals surface area (Å²) in [5, 5.41) is 5.64. The van der Waals surface area contributed by atoms with E-state index in [1.54, 1.807) is 30.5 Å². The minimum atomic E-state index is -0.136. The summed E-state index contributed by atoms with van der Waals surface area (Å²) in [6.45, 7) is 2.64. The molecule has 2 aromatic carbocycles. The third kappa shape index (κ3) is 5.30. The van der Waals surface area contributed by atoms with Gasteiger partial charge in [-0.05, 0) is 30.7 Å². The number of hydrogen-bond acceptors (Lipinski definition) is 4. The van der Waals surface area contributed by atoms with Gasteiger partial charge in [0, 0.05) is 36.2 Å². The summed E-state index contributed by atoms with van der Waals surface area (Å²) in [5.41, 5.74) is 2.17. The first-order valence-corrected chi connectivity index (χ1v) is 9.34. The van der Waals surface area contributed by atoms with Crippen molar-refractivity contribution in [3.05, 3.63) is 72.2 Å². The maximum atomic E-state index is 12.2. The highest BCUT2D eigenvalue weighted by molar-refractivity contribution is 5.95. The third-order valence-corrected chi connectivity index (χ3v) is 4.14. The van der Waals surface area contributed by atoms with Crippen LogP contribution in [0.1, 0.15) is 36.0 Å². The predicted molar refractivity (Wildman–Crippen MR) is 108 cm³/mol. The largest absolute Gasteiger partial charge is 0.441 e. The number of anilines is 1. The normalized spacial score (nSPS) is 10.5. The number of aromatic nitrogens is 1. The SMILES string of the molecule is CCCNC(=O)c1ccc(NC(=O)CCc2ncc(-c3ccccc3)o2)cc1. The second kappa shape index (κ2) is 9.50. The Morgan fingerprint density at radius 2 is 1.79 bits per heavy atom. The number of rotatable bonds is 8. The van der Waals surface area contributed by atoms with Gasteiger partial charge in [0.25, 0.3) is 5.91 Å². The van der Waals surface area contributed by atoms with E-state index in [4.69, 9.17) is 4.42 Å². The standard InChI is InChI=1S/C22H23N3O3/c1-2-14-23-22(27)17-8-10-18(11-9-17)25-20(26)12-13-21-24-15-19(28-21)16-6-4-3-5-7-16/h3-11,15H,2,12-14H2,1H3,(H,23,27)(H,25,26). The highest BCUT2D eigenvalue weighted by Crippen LogP contribution is 2.20. The van der Waals surface area contributed by atoms with Crippen LogP contribution in [0.2, 0.25) is 0 Å². The molecule has 28 heavy (non-hydrogen) atoms. The van der Waals surface area contributed by atoms with Crippen LogP contribution < -0.4 is 10.6 Å². The van der Waals surface area contributed by atoms with E-state index in [9.17, 15) is 9.59 Å². The topological polar surface area (TPSA) is 84.2 Å². The average molecular weight is 377 g/mol. The lowest BCUT2D eigenvalue weighted by molar-refractivity contribution is -0.116. The van der Waals surface area contributed by atoms with E-state index >= 15 is 0 Å². The molecule has 3 aromatic rings. The molecule has 0 spiro atoms. The number of nitrogens with zero attached hydrogens (tertiary/aromatic N) is 1. The molecule has 3 rings (SSSR count). The number of aryl methyl sites for hydroxylation is 1. The molecule has 0 aliphatic rings. The van der Waals surface area contributed by atoms with Gasteiger partial charge >= 0.3 is 0 Å². The van der Waals surface area contributed by atoms with Gasteiger partial charge < -0.3 is 15.1 Å². The van der Waals surface area contributed by atoms with Gasteiger partial charge in [-0.3, -0.25) is 9.59 Å². The van der Waals surface area contributed by atoms with Crippen molar-refractivity contribution in [1.82, 2.24) is 10.3 Å². The Morgan fingerprint density at radius 1 is 1.04 bits per heavy atom. The summed E-state index contributed by atoms with van der Waals surface area (Å²) in [6, 6.07) is 16.5. The Morgan fingerprint density at radius 3 is 2.50 bits per heavy atom. The van der Waals surface area contributed by atoms with E-state index in [0.29, 0.717) is 35.9 Å². The van der Waals surface area contributed by atoms with Crippen LogP contribution in [0.4, 0.5) is 5.69 Å². The molecule has 0 fully saturated rings. The van der Waals surface area contributed by atoms with Gasteiger partial charge in [-0.2, -0.15) is 0 Å². The molecule has 0 saturated heterocycles. The smallest absolute Gasteiger partial charge is 0.251 e. The number of oxazole rings is 1. The van der Waals surface area contributed by atoms with Crippen LogP contribution in [-0.4, -0.2) is 23.3 Å². The Hall–Kier alpha value is -3.41. The van der Waals surface area contributed by atoms with Gasteiger partial charge in [-0.1, -0.05) is 37.3 Å². The predicted octanol–water partition coefficient (Wildman–Crippen LogP) is 4.05. The maximum Gasteiger partial charge on any atom is 0.251 e. The molecule has 0 aliphatic carbocycles. The van der Waals surface area contributed by atoms with Gasteiger partial charge in [0.2, 0.25) is 5.91 Å². The van der Waals surface area contributed by atoms with Crippen molar-refractivity contribution < 1.29 is 14.0 Å². The first-order valence-electron chi connectivity index (χ1n) is 9.34. The molecule has 0 unspecified atom stereocenters. The second-order valence-corrected chi connectivity index (χ2v) is 6.37. The Labute approximate surface area is 164 Å². The lowest BCUT2D eigenvalue weighted by atomic mass is 10.2. The Bertz CT molecular complexity index is 918. The van der Waals surface area contributed by atoms with Crippen LogP contribution in [-0.2, 0) is 11.2 Å². The third-order valence-electron chi connectivity index (χ3n) is 4.14. The molecule has 144 valence electrons. The van der Waals surface area contributed by atoms with Crippen LogP contribution in [0.25, 0.3) is 11.3 Å². The highest BCUT2D eigenvalue weighted by Gasteiger charge is 2.10. The Kier molecular flexibility index (Phi) is 6.57. The first-order chi connectivity index (χ1) is 13.7. The second-order valence-electron chi connectivity index (χ2n) is 6.37. The fourth-order valence-corrected chi connectivity index (χ4v) is 2.65. The lowest BCUT2D eigenvalue weighted by Gasteiger charge is -2.06. The number of carbonyl (C=O) groups excluding carboxylic acids is 2. The van der Waals surface area contributed by atoms with E-state index in [1.807, 2.05) is 37.3 Å². The first kappa shape index (κ1) is 19.4. The molecular weight excluding hydrogens is 354 g/mol. The van der Waals surface area contributed by atoms with E-state index in [0.717, 1.165) is 12.0 Å². The monoisotopic (exact) mass is 377 g/mol. The average Bonchev–Trinajstić information content (AvgIpc) is 3.21. The van der Waals surface area contributed by atoms with Gasteiger partial charge in [-0.25, -0.2) is 4.98 Å². The summed E-state index contributed by atoms with van der Waals surface area (Å²) in [4.78, 5) is 28.3. The quantitative estimate of drug-likeness (QED) is 0.620. The minimum absolute atomic E-state index is 0.113. The van der Waals surface area contributed by atoms with Gasteiger partial charge in [0.05, 0.1) is 6.20 Å². The molecule has 6 nitrogen and oxygen atoms in total. The zero-order chi connectivity index (χ0) is 19.8. The molecule has 1 aromatic heterocycles. The fraction of sp³-hybridized carbons (Fsp3) is 0.227. The van der Waals surface area contributed by atoms with Crippen LogP contribution in [0.5, 0.6) is 0 Å².